The SMILES string of the molecule is O=C(O)Oc1cccc(CCCCCCCI)c1O. The Kier molecular flexibility index (Phi) is 7.62. The smallest absolute Gasteiger partial charge is 0.504 e. The molecule has 19 heavy (non-hydrogen) atoms. The molecule has 0 amide bonds. The molecule has 0 heterocycles. The third kappa shape index (κ3) is 6.13. The van der Waals surface area contributed by atoms with E-state index in [9.17, 15) is 9.90 Å². The number of phenolic OH excluding ortho intramolecular Hbond substituents is 1. The fourth-order valence-electron chi connectivity index (χ4n) is 1.89. The molecule has 0 bridgehead atoms. The number of carbonyl (C=O) groups is 1. The Morgan fingerprint density at radius 1 is 1.16 bits per heavy atom. The third-order valence-electron chi connectivity index (χ3n) is 2.86. The average molecular weight is 378 g/mol. The molecule has 0 radical (unpaired) electrons. The van der Waals surface area contributed by atoms with Crippen LogP contribution in [0.4, 0.5) is 4.79 Å². The van der Waals surface area contributed by atoms with Gasteiger partial charge in [0.2, 0.25) is 0 Å². The Balaban J connectivity index is 2.43. The van der Waals surface area contributed by atoms with Crippen LogP contribution in [0.25, 0.3) is 0 Å². The summed E-state index contributed by atoms with van der Waals surface area (Å²) in [6.45, 7) is 0. The number of aryl methyl sites for hydroxylation is 1. The first-order valence-corrected chi connectivity index (χ1v) is 7.95. The number of alkyl halides is 1. The first-order chi connectivity index (χ1) is 9.15. The molecule has 4 nitrogen and oxygen atoms in total. The van der Waals surface area contributed by atoms with Crippen molar-refractivity contribution < 1.29 is 19.7 Å². The lowest BCUT2D eigenvalue weighted by Crippen LogP contribution is -2.03. The van der Waals surface area contributed by atoms with Crippen LogP contribution in [0, 0.1) is 0 Å². The predicted molar refractivity (Wildman–Crippen MR) is 82.4 cm³/mol. The van der Waals surface area contributed by atoms with Gasteiger partial charge in [-0.1, -0.05) is 54.0 Å². The lowest BCUT2D eigenvalue weighted by Gasteiger charge is -2.08. The van der Waals surface area contributed by atoms with Crippen LogP contribution in [0.15, 0.2) is 18.2 Å². The second kappa shape index (κ2) is 9.01. The molecule has 1 aromatic carbocycles. The predicted octanol–water partition coefficient (Wildman–Crippen LogP) is 4.38. The molecular weight excluding hydrogens is 359 g/mol. The number of unbranched alkanes of at least 4 members (excludes halogenated alkanes) is 4. The van der Waals surface area contributed by atoms with Gasteiger partial charge in [-0.15, -0.1) is 0 Å². The number of halogens is 1. The van der Waals surface area contributed by atoms with Crippen molar-refractivity contribution in [2.24, 2.45) is 0 Å². The molecular formula is C14H19IO4. The van der Waals surface area contributed by atoms with Crippen LogP contribution in [0.5, 0.6) is 11.5 Å². The van der Waals surface area contributed by atoms with Crippen molar-refractivity contribution in [2.75, 3.05) is 4.43 Å². The number of para-hydroxylation sites is 1. The molecule has 0 aliphatic carbocycles. The van der Waals surface area contributed by atoms with Crippen molar-refractivity contribution in [3.63, 3.8) is 0 Å². The standard InChI is InChI=1S/C14H19IO4/c15-10-5-3-1-2-4-7-11-8-6-9-12(13(11)16)19-14(17)18/h6,8-9,16H,1-5,7,10H2,(H,17,18). The minimum absolute atomic E-state index is 0.00918. The number of carboxylic acid groups (broad SMARTS) is 1. The summed E-state index contributed by atoms with van der Waals surface area (Å²) >= 11 is 2.38. The molecule has 0 spiro atoms. The number of hydrogen-bond donors (Lipinski definition) is 2. The van der Waals surface area contributed by atoms with E-state index in [1.807, 2.05) is 0 Å². The number of phenols is 1. The highest BCUT2D eigenvalue weighted by atomic mass is 127. The summed E-state index contributed by atoms with van der Waals surface area (Å²) in [5.41, 5.74) is 0.743. The summed E-state index contributed by atoms with van der Waals surface area (Å²) < 4.78 is 5.71. The summed E-state index contributed by atoms with van der Waals surface area (Å²) in [7, 11) is 0. The van der Waals surface area contributed by atoms with Gasteiger partial charge >= 0.3 is 6.16 Å². The maximum atomic E-state index is 10.5. The first kappa shape index (κ1) is 16.1. The topological polar surface area (TPSA) is 66.8 Å². The van der Waals surface area contributed by atoms with Gasteiger partial charge in [0.25, 0.3) is 0 Å². The zero-order valence-corrected chi connectivity index (χ0v) is 12.9. The molecule has 1 aromatic rings. The molecule has 2 N–H and O–H groups in total. The molecule has 106 valence electrons. The lowest BCUT2D eigenvalue weighted by molar-refractivity contribution is 0.143. The Labute approximate surface area is 126 Å². The summed E-state index contributed by atoms with van der Waals surface area (Å²) in [4.78, 5) is 10.5. The Morgan fingerprint density at radius 3 is 2.53 bits per heavy atom. The van der Waals surface area contributed by atoms with Crippen molar-refractivity contribution >= 4 is 28.7 Å². The van der Waals surface area contributed by atoms with Gasteiger partial charge in [-0.2, -0.15) is 0 Å². The maximum Gasteiger partial charge on any atom is 0.511 e. The lowest BCUT2D eigenvalue weighted by atomic mass is 10.0. The van der Waals surface area contributed by atoms with Crippen molar-refractivity contribution in [1.82, 2.24) is 0 Å². The minimum atomic E-state index is -1.41. The van der Waals surface area contributed by atoms with Gasteiger partial charge in [0.1, 0.15) is 0 Å². The quantitative estimate of drug-likeness (QED) is 0.232. The van der Waals surface area contributed by atoms with E-state index < -0.39 is 6.16 Å². The number of benzene rings is 1. The van der Waals surface area contributed by atoms with Gasteiger partial charge in [-0.3, -0.25) is 0 Å². The molecule has 5 heteroatoms. The van der Waals surface area contributed by atoms with E-state index in [4.69, 9.17) is 5.11 Å². The van der Waals surface area contributed by atoms with Crippen molar-refractivity contribution in [2.45, 2.75) is 38.5 Å². The summed E-state index contributed by atoms with van der Waals surface area (Å²) in [5.74, 6) is -0.0490. The number of rotatable bonds is 8. The molecule has 1 rings (SSSR count). The molecule has 0 saturated carbocycles. The molecule has 0 saturated heterocycles. The average Bonchev–Trinajstić information content (AvgIpc) is 2.37. The van der Waals surface area contributed by atoms with Crippen LogP contribution < -0.4 is 4.74 Å². The zero-order valence-electron chi connectivity index (χ0n) is 10.8. The van der Waals surface area contributed by atoms with Gasteiger partial charge < -0.3 is 14.9 Å². The van der Waals surface area contributed by atoms with E-state index in [2.05, 4.69) is 27.3 Å². The van der Waals surface area contributed by atoms with Crippen LogP contribution >= 0.6 is 22.6 Å². The molecule has 0 fully saturated rings. The minimum Gasteiger partial charge on any atom is -0.504 e. The van der Waals surface area contributed by atoms with E-state index in [0.29, 0.717) is 0 Å². The normalized spacial score (nSPS) is 10.4. The number of aromatic hydroxyl groups is 1. The molecule has 0 unspecified atom stereocenters. The summed E-state index contributed by atoms with van der Waals surface area (Å²) in [5, 5.41) is 18.4. The van der Waals surface area contributed by atoms with E-state index >= 15 is 0 Å². The second-order valence-electron chi connectivity index (χ2n) is 4.34. The van der Waals surface area contributed by atoms with Crippen LogP contribution in [-0.4, -0.2) is 20.8 Å². The van der Waals surface area contributed by atoms with Gasteiger partial charge in [0.05, 0.1) is 0 Å². The number of hydrogen-bond acceptors (Lipinski definition) is 3. The highest BCUT2D eigenvalue weighted by Gasteiger charge is 2.10. The molecule has 0 aliphatic rings. The summed E-state index contributed by atoms with van der Waals surface area (Å²) in [6, 6.07) is 4.95. The van der Waals surface area contributed by atoms with Crippen molar-refractivity contribution in [3.8, 4) is 11.5 Å². The maximum absolute atomic E-state index is 10.5. The van der Waals surface area contributed by atoms with Gasteiger partial charge in [0.15, 0.2) is 11.5 Å². The Morgan fingerprint density at radius 2 is 1.84 bits per heavy atom. The summed E-state index contributed by atoms with van der Waals surface area (Å²) in [6.07, 6.45) is 5.16. The van der Waals surface area contributed by atoms with Crippen LogP contribution in [0.1, 0.15) is 37.7 Å². The van der Waals surface area contributed by atoms with Gasteiger partial charge in [-0.25, -0.2) is 4.79 Å². The van der Waals surface area contributed by atoms with Gasteiger partial charge in [0, 0.05) is 0 Å². The molecule has 0 aliphatic heterocycles. The van der Waals surface area contributed by atoms with Crippen LogP contribution in [0.3, 0.4) is 0 Å². The fraction of sp³-hybridized carbons (Fsp3) is 0.500. The Bertz CT molecular complexity index is 406. The molecule has 0 atom stereocenters. The van der Waals surface area contributed by atoms with E-state index in [1.54, 1.807) is 12.1 Å². The van der Waals surface area contributed by atoms with E-state index in [-0.39, 0.29) is 11.5 Å². The van der Waals surface area contributed by atoms with Crippen LogP contribution in [-0.2, 0) is 6.42 Å². The number of ether oxygens (including phenoxy) is 1. The van der Waals surface area contributed by atoms with E-state index in [1.165, 1.54) is 29.8 Å². The molecule has 0 aromatic heterocycles. The van der Waals surface area contributed by atoms with Crippen molar-refractivity contribution in [3.05, 3.63) is 23.8 Å². The third-order valence-corrected chi connectivity index (χ3v) is 3.62. The highest BCUT2D eigenvalue weighted by molar-refractivity contribution is 14.1. The monoisotopic (exact) mass is 378 g/mol. The highest BCUT2D eigenvalue weighted by Crippen LogP contribution is 2.31. The van der Waals surface area contributed by atoms with Crippen molar-refractivity contribution in [1.29, 1.82) is 0 Å². The van der Waals surface area contributed by atoms with Gasteiger partial charge in [-0.05, 0) is 35.3 Å². The largest absolute Gasteiger partial charge is 0.511 e. The fourth-order valence-corrected chi connectivity index (χ4v) is 2.43. The van der Waals surface area contributed by atoms with E-state index in [0.717, 1.165) is 24.8 Å². The zero-order chi connectivity index (χ0) is 14.1. The first-order valence-electron chi connectivity index (χ1n) is 6.42. The Hall–Kier alpha value is -0.980. The second-order valence-corrected chi connectivity index (χ2v) is 5.42. The van der Waals surface area contributed by atoms with Crippen LogP contribution in [0.2, 0.25) is 0 Å².